The van der Waals surface area contributed by atoms with E-state index in [1.54, 1.807) is 24.3 Å². The van der Waals surface area contributed by atoms with Gasteiger partial charge in [-0.05, 0) is 66.3 Å². The smallest absolute Gasteiger partial charge is 0.339 e. The van der Waals surface area contributed by atoms with Crippen LogP contribution in [0.4, 0.5) is 0 Å². The zero-order chi connectivity index (χ0) is 19.9. The topological polar surface area (TPSA) is 78.9 Å². The lowest BCUT2D eigenvalue weighted by molar-refractivity contribution is 0.414. The normalized spacial score (nSPS) is 13.7. The summed E-state index contributed by atoms with van der Waals surface area (Å²) in [6, 6.07) is 12.3. The van der Waals surface area contributed by atoms with Crippen molar-refractivity contribution in [3.63, 3.8) is 0 Å². The zero-order valence-corrected chi connectivity index (χ0v) is 18.5. The molecule has 0 bridgehead atoms. The average Bonchev–Trinajstić information content (AvgIpc) is 2.68. The first-order valence-electron chi connectivity index (χ1n) is 8.00. The lowest BCUT2D eigenvalue weighted by Gasteiger charge is -2.14. The first kappa shape index (κ1) is 22.2. The molecule has 0 amide bonds. The Labute approximate surface area is 168 Å². The van der Waals surface area contributed by atoms with Crippen molar-refractivity contribution in [2.45, 2.75) is 23.1 Å². The van der Waals surface area contributed by atoms with Crippen molar-refractivity contribution in [3.8, 4) is 11.5 Å². The van der Waals surface area contributed by atoms with Gasteiger partial charge in [-0.15, -0.1) is 0 Å². The fourth-order valence-electron chi connectivity index (χ4n) is 1.92. The minimum absolute atomic E-state index is 0.0293. The summed E-state index contributed by atoms with van der Waals surface area (Å²) in [4.78, 5) is 0.736. The summed E-state index contributed by atoms with van der Waals surface area (Å²) in [5, 5.41) is 0. The van der Waals surface area contributed by atoms with Crippen molar-refractivity contribution in [2.75, 3.05) is 20.0 Å². The highest BCUT2D eigenvalue weighted by molar-refractivity contribution is 8.89. The Bertz CT molecular complexity index is 882. The second kappa shape index (κ2) is 9.89. The van der Waals surface area contributed by atoms with Gasteiger partial charge in [-0.2, -0.15) is 8.42 Å². The zero-order valence-electron chi connectivity index (χ0n) is 15.2. The van der Waals surface area contributed by atoms with Gasteiger partial charge in [-0.1, -0.05) is 18.3 Å². The Morgan fingerprint density at radius 3 is 2.07 bits per heavy atom. The van der Waals surface area contributed by atoms with E-state index in [-0.39, 0.29) is 10.6 Å². The molecule has 148 valence electrons. The van der Waals surface area contributed by atoms with E-state index in [0.29, 0.717) is 10.6 Å². The summed E-state index contributed by atoms with van der Waals surface area (Å²) in [6.45, 7) is 2.01. The Hall–Kier alpha value is -1.12. The summed E-state index contributed by atoms with van der Waals surface area (Å²) in [5.74, 6) is -1.43. The van der Waals surface area contributed by atoms with Gasteiger partial charge in [0.25, 0.3) is 0 Å². The summed E-state index contributed by atoms with van der Waals surface area (Å²) in [6.07, 6.45) is 0.897. The molecule has 0 aromatic heterocycles. The van der Waals surface area contributed by atoms with Crippen molar-refractivity contribution >= 4 is 38.7 Å². The fraction of sp³-hybridized carbons (Fsp3) is 0.294. The molecule has 0 aliphatic heterocycles. The molecule has 0 saturated carbocycles. The second-order valence-corrected chi connectivity index (χ2v) is 14.3. The molecule has 0 spiro atoms. The summed E-state index contributed by atoms with van der Waals surface area (Å²) < 4.78 is 52.7. The fourth-order valence-corrected chi connectivity index (χ4v) is 8.98. The van der Waals surface area contributed by atoms with Crippen molar-refractivity contribution < 1.29 is 26.4 Å². The number of hydrogen-bond acceptors (Lipinski definition) is 8. The van der Waals surface area contributed by atoms with Crippen LogP contribution in [0.1, 0.15) is 13.3 Å². The maximum Gasteiger partial charge on any atom is 0.339 e. The molecule has 0 radical (unpaired) electrons. The quantitative estimate of drug-likeness (QED) is 0.351. The highest BCUT2D eigenvalue weighted by atomic mass is 33.1. The molecule has 0 aliphatic carbocycles. The van der Waals surface area contributed by atoms with E-state index in [0.717, 1.165) is 23.6 Å². The van der Waals surface area contributed by atoms with Crippen LogP contribution in [0.15, 0.2) is 58.3 Å². The van der Waals surface area contributed by atoms with Crippen molar-refractivity contribution in [1.82, 2.24) is 0 Å². The Balaban J connectivity index is 2.09. The lowest BCUT2D eigenvalue weighted by Crippen LogP contribution is -2.09. The summed E-state index contributed by atoms with van der Waals surface area (Å²) >= 11 is 2.43. The molecule has 10 heteroatoms. The van der Waals surface area contributed by atoms with Crippen LogP contribution in [0, 0.1) is 0 Å². The highest BCUT2D eigenvalue weighted by Gasteiger charge is 2.24. The predicted molar refractivity (Wildman–Crippen MR) is 110 cm³/mol. The van der Waals surface area contributed by atoms with Crippen molar-refractivity contribution in [1.29, 1.82) is 0 Å². The number of rotatable bonds is 10. The van der Waals surface area contributed by atoms with E-state index in [9.17, 15) is 13.0 Å². The van der Waals surface area contributed by atoms with Crippen molar-refractivity contribution in [3.05, 3.63) is 48.5 Å². The van der Waals surface area contributed by atoms with Crippen LogP contribution in [0.25, 0.3) is 0 Å². The van der Waals surface area contributed by atoms with Gasteiger partial charge in [0.15, 0.2) is 0 Å². The van der Waals surface area contributed by atoms with Gasteiger partial charge in [-0.25, -0.2) is 0 Å². The molecule has 0 fully saturated rings. The van der Waals surface area contributed by atoms with E-state index < -0.39 is 15.9 Å². The van der Waals surface area contributed by atoms with Crippen LogP contribution in [0.5, 0.6) is 11.5 Å². The molecule has 2 aromatic rings. The predicted octanol–water partition coefficient (Wildman–Crippen LogP) is 5.45. The number of benzene rings is 2. The maximum atomic E-state index is 12.6. The first-order chi connectivity index (χ1) is 12.8. The first-order valence-corrected chi connectivity index (χ1v) is 14.0. The van der Waals surface area contributed by atoms with Gasteiger partial charge < -0.3 is 13.4 Å². The van der Waals surface area contributed by atoms with E-state index in [1.165, 1.54) is 49.9 Å². The molecule has 1 atom stereocenters. The third-order valence-electron chi connectivity index (χ3n) is 3.27. The monoisotopic (exact) mass is 448 g/mol. The van der Waals surface area contributed by atoms with Gasteiger partial charge in [-0.3, -0.25) is 4.57 Å². The second-order valence-electron chi connectivity index (χ2n) is 5.24. The largest absolute Gasteiger partial charge is 0.497 e. The molecule has 6 nitrogen and oxygen atoms in total. The minimum atomic E-state index is -3.95. The standard InChI is InChI=1S/C17H21O6PS3/c1-4-13-25-24(18,22-3)26-16-9-5-15(6-10-16)23-27(19,20)17-11-7-14(21-2)8-12-17/h5-12H,4,13H2,1-3H3. The number of methoxy groups -OCH3 is 1. The number of hydrogen-bond donors (Lipinski definition) is 0. The molecule has 0 saturated heterocycles. The molecular formula is C17H21O6PS3. The van der Waals surface area contributed by atoms with Crippen LogP contribution in [-0.4, -0.2) is 28.4 Å². The van der Waals surface area contributed by atoms with Gasteiger partial charge in [0.2, 0.25) is 0 Å². The van der Waals surface area contributed by atoms with Gasteiger partial charge in [0.1, 0.15) is 16.4 Å². The molecular weight excluding hydrogens is 427 g/mol. The van der Waals surface area contributed by atoms with Crippen LogP contribution >= 0.6 is 28.5 Å². The molecule has 0 N–H and O–H groups in total. The lowest BCUT2D eigenvalue weighted by atomic mass is 10.3. The molecule has 0 aliphatic rings. The van der Waals surface area contributed by atoms with Crippen LogP contribution in [-0.2, 0) is 19.2 Å². The third-order valence-corrected chi connectivity index (χ3v) is 11.9. The highest BCUT2D eigenvalue weighted by Crippen LogP contribution is 2.71. The molecule has 2 rings (SSSR count). The van der Waals surface area contributed by atoms with Crippen LogP contribution in [0.3, 0.4) is 0 Å². The van der Waals surface area contributed by atoms with E-state index in [1.807, 2.05) is 6.92 Å². The van der Waals surface area contributed by atoms with Gasteiger partial charge in [0.05, 0.1) is 7.11 Å². The summed E-state index contributed by atoms with van der Waals surface area (Å²) in [5.41, 5.74) is 0. The Morgan fingerprint density at radius 1 is 0.963 bits per heavy atom. The maximum absolute atomic E-state index is 12.6. The third kappa shape index (κ3) is 6.47. The molecule has 27 heavy (non-hydrogen) atoms. The van der Waals surface area contributed by atoms with E-state index in [4.69, 9.17) is 13.4 Å². The van der Waals surface area contributed by atoms with E-state index >= 15 is 0 Å². The van der Waals surface area contributed by atoms with Crippen molar-refractivity contribution in [2.24, 2.45) is 0 Å². The van der Waals surface area contributed by atoms with Gasteiger partial charge >= 0.3 is 15.9 Å². The molecule has 0 heterocycles. The Kier molecular flexibility index (Phi) is 8.12. The minimum Gasteiger partial charge on any atom is -0.497 e. The van der Waals surface area contributed by atoms with Gasteiger partial charge in [0, 0.05) is 17.8 Å². The summed E-state index contributed by atoms with van der Waals surface area (Å²) in [7, 11) is -1.02. The van der Waals surface area contributed by atoms with E-state index in [2.05, 4.69) is 0 Å². The Morgan fingerprint density at radius 2 is 1.56 bits per heavy atom. The molecule has 2 aromatic carbocycles. The van der Waals surface area contributed by atoms with Crippen LogP contribution in [0.2, 0.25) is 0 Å². The average molecular weight is 449 g/mol. The number of ether oxygens (including phenoxy) is 1. The SMILES string of the molecule is CCCSP(=O)(OC)Sc1ccc(OS(=O)(=O)c2ccc(OC)cc2)cc1. The van der Waals surface area contributed by atoms with Crippen LogP contribution < -0.4 is 8.92 Å². The molecule has 1 unspecified atom stereocenters.